The highest BCUT2D eigenvalue weighted by atomic mass is 79.9. The molecule has 2 saturated carbocycles. The molecule has 5 aliphatic rings. The number of thiazole rings is 1. The zero-order valence-corrected chi connectivity index (χ0v) is 33.6. The van der Waals surface area contributed by atoms with Gasteiger partial charge in [-0.2, -0.15) is 0 Å². The van der Waals surface area contributed by atoms with Crippen LogP contribution in [0.3, 0.4) is 0 Å². The van der Waals surface area contributed by atoms with Crippen LogP contribution in [0.1, 0.15) is 68.9 Å². The second-order valence-corrected chi connectivity index (χ2v) is 19.0. The third-order valence-corrected chi connectivity index (χ3v) is 14.4. The largest absolute Gasteiger partial charge is 0.444 e. The van der Waals surface area contributed by atoms with Crippen LogP contribution in [-0.2, 0) is 42.2 Å². The number of rotatable bonds is 7. The summed E-state index contributed by atoms with van der Waals surface area (Å²) in [5.74, 6) is -2.70. The Hall–Kier alpha value is -4.35. The minimum atomic E-state index is -3.91. The molecule has 2 aliphatic carbocycles. The molecule has 17 heteroatoms. The second kappa shape index (κ2) is 15.5. The molecule has 1 saturated heterocycles. The molecule has 1 aromatic heterocycles. The van der Waals surface area contributed by atoms with Crippen molar-refractivity contribution in [2.45, 2.75) is 99.9 Å². The monoisotopic (exact) mass is 868 g/mol. The lowest BCUT2D eigenvalue weighted by Gasteiger charge is -2.29. The number of sulfonamides is 1. The van der Waals surface area contributed by atoms with Gasteiger partial charge in [0.1, 0.15) is 29.5 Å². The molecule has 4 heterocycles. The Balaban J connectivity index is 1.06. The van der Waals surface area contributed by atoms with Gasteiger partial charge in [0.15, 0.2) is 5.13 Å². The van der Waals surface area contributed by atoms with Crippen molar-refractivity contribution < 1.29 is 36.7 Å². The number of anilines is 1. The SMILES string of the molecule is O=C1N[C@]2(C(=O)NS(=O)(=O)C3CC3)C[C@@H]2/C=C\CCCCC[C@H](Nc2nc(-c3ccc(Br)cc3)cs2)C(=O)N2C[C@H](OC(=O)N3Cc4cccc(F)c4C3)C[C@@H]12. The summed E-state index contributed by atoms with van der Waals surface area (Å²) in [4.78, 5) is 63.8. The quantitative estimate of drug-likeness (QED) is 0.256. The van der Waals surface area contributed by atoms with E-state index < -0.39 is 74.5 Å². The fourth-order valence-electron chi connectivity index (χ4n) is 7.82. The molecular weight excluding hydrogens is 827 g/mol. The van der Waals surface area contributed by atoms with Crippen LogP contribution in [0.25, 0.3) is 11.3 Å². The van der Waals surface area contributed by atoms with Gasteiger partial charge in [0, 0.05) is 39.9 Å². The van der Waals surface area contributed by atoms with Crippen molar-refractivity contribution in [2.24, 2.45) is 5.92 Å². The summed E-state index contributed by atoms with van der Waals surface area (Å²) in [6.07, 6.45) is 6.78. The molecular formula is C39H42BrFN6O7S2. The predicted molar refractivity (Wildman–Crippen MR) is 210 cm³/mol. The molecule has 3 N–H and O–H groups in total. The van der Waals surface area contributed by atoms with Crippen molar-refractivity contribution in [3.63, 3.8) is 0 Å². The maximum absolute atomic E-state index is 14.7. The summed E-state index contributed by atoms with van der Waals surface area (Å²) in [6, 6.07) is 10.5. The van der Waals surface area contributed by atoms with Crippen LogP contribution < -0.4 is 15.4 Å². The molecule has 296 valence electrons. The number of ether oxygens (including phenoxy) is 1. The average molecular weight is 870 g/mol. The summed E-state index contributed by atoms with van der Waals surface area (Å²) in [7, 11) is -3.91. The third-order valence-electron chi connectivity index (χ3n) is 11.2. The molecule has 4 amide bonds. The first-order chi connectivity index (χ1) is 26.9. The van der Waals surface area contributed by atoms with E-state index in [4.69, 9.17) is 9.72 Å². The molecule has 3 aliphatic heterocycles. The number of aromatic nitrogens is 1. The maximum Gasteiger partial charge on any atom is 0.410 e. The second-order valence-electron chi connectivity index (χ2n) is 15.2. The highest BCUT2D eigenvalue weighted by molar-refractivity contribution is 9.10. The van der Waals surface area contributed by atoms with E-state index in [9.17, 15) is 32.0 Å². The van der Waals surface area contributed by atoms with Crippen molar-refractivity contribution in [3.8, 4) is 11.3 Å². The van der Waals surface area contributed by atoms with Gasteiger partial charge in [-0.3, -0.25) is 24.0 Å². The topological polar surface area (TPSA) is 167 Å². The Kier molecular flexibility index (Phi) is 10.7. The van der Waals surface area contributed by atoms with E-state index in [2.05, 4.69) is 31.3 Å². The first kappa shape index (κ1) is 38.5. The summed E-state index contributed by atoms with van der Waals surface area (Å²) in [5, 5.41) is 7.98. The van der Waals surface area contributed by atoms with Crippen LogP contribution in [0, 0.1) is 11.7 Å². The lowest BCUT2D eigenvalue weighted by molar-refractivity contribution is -0.140. The van der Waals surface area contributed by atoms with E-state index in [0.29, 0.717) is 48.4 Å². The minimum absolute atomic E-state index is 0.0263. The van der Waals surface area contributed by atoms with Gasteiger partial charge in [-0.15, -0.1) is 11.3 Å². The average Bonchev–Trinajstić information content (AvgIpc) is 3.97. The number of hydrogen-bond donors (Lipinski definition) is 3. The standard InChI is InChI=1S/C39H42BrFN6O7S2/c40-26-13-11-23(12-14-26)32-22-55-37(43-32)42-31-10-5-3-1-2-4-8-25-18-39(25,36(50)45-56(52,53)28-15-16-28)44-34(48)33-17-27(20-47(33)35(31)49)54-38(51)46-19-24-7-6-9-30(41)29(24)21-46/h4,6-9,11-14,22,25,27-28,31,33H,1-3,5,10,15-21H2,(H,42,43)(H,44,48)(H,45,50)/b8-4-/t25-,27+,31-,33-,39+/m0/s1. The third kappa shape index (κ3) is 8.07. The van der Waals surface area contributed by atoms with Crippen molar-refractivity contribution in [3.05, 3.63) is 81.4 Å². The predicted octanol–water partition coefficient (Wildman–Crippen LogP) is 5.62. The number of halogens is 2. The number of allylic oxidation sites excluding steroid dienone is 1. The smallest absolute Gasteiger partial charge is 0.410 e. The Morgan fingerprint density at radius 1 is 1.05 bits per heavy atom. The van der Waals surface area contributed by atoms with Gasteiger partial charge < -0.3 is 20.3 Å². The number of nitrogens with one attached hydrogen (secondary N) is 3. The van der Waals surface area contributed by atoms with Gasteiger partial charge in [0.25, 0.3) is 5.91 Å². The van der Waals surface area contributed by atoms with E-state index in [1.807, 2.05) is 41.8 Å². The van der Waals surface area contributed by atoms with Crippen LogP contribution in [0.5, 0.6) is 0 Å². The summed E-state index contributed by atoms with van der Waals surface area (Å²) < 4.78 is 49.2. The van der Waals surface area contributed by atoms with Crippen molar-refractivity contribution in [2.75, 3.05) is 11.9 Å². The number of carbonyl (C=O) groups is 4. The first-order valence-corrected chi connectivity index (χ1v) is 22.2. The summed E-state index contributed by atoms with van der Waals surface area (Å²) in [6.45, 7) is 0.0820. The van der Waals surface area contributed by atoms with Gasteiger partial charge in [-0.1, -0.05) is 65.2 Å². The number of nitrogens with zero attached hydrogens (tertiary/aromatic N) is 3. The Labute approximate surface area is 336 Å². The van der Waals surface area contributed by atoms with Gasteiger partial charge in [0.2, 0.25) is 21.8 Å². The Morgan fingerprint density at radius 3 is 2.62 bits per heavy atom. The normalized spacial score (nSPS) is 27.2. The van der Waals surface area contributed by atoms with Gasteiger partial charge in [-0.25, -0.2) is 22.6 Å². The number of fused-ring (bicyclic) bond motifs is 3. The Morgan fingerprint density at radius 2 is 1.86 bits per heavy atom. The molecule has 0 spiro atoms. The zero-order valence-electron chi connectivity index (χ0n) is 30.4. The van der Waals surface area contributed by atoms with Crippen LogP contribution >= 0.6 is 27.3 Å². The number of benzene rings is 2. The molecule has 0 bridgehead atoms. The van der Waals surface area contributed by atoms with Crippen LogP contribution in [0.2, 0.25) is 0 Å². The van der Waals surface area contributed by atoms with Crippen molar-refractivity contribution in [1.29, 1.82) is 0 Å². The van der Waals surface area contributed by atoms with Gasteiger partial charge >= 0.3 is 6.09 Å². The lowest BCUT2D eigenvalue weighted by atomic mass is 10.1. The molecule has 5 atom stereocenters. The molecule has 8 rings (SSSR count). The number of hydrogen-bond acceptors (Lipinski definition) is 10. The fraction of sp³-hybridized carbons (Fsp3) is 0.462. The molecule has 3 fully saturated rings. The molecule has 0 unspecified atom stereocenters. The van der Waals surface area contributed by atoms with E-state index >= 15 is 0 Å². The first-order valence-electron chi connectivity index (χ1n) is 19.0. The fourth-order valence-corrected chi connectivity index (χ4v) is 10.2. The summed E-state index contributed by atoms with van der Waals surface area (Å²) >= 11 is 4.81. The molecule has 13 nitrogen and oxygen atoms in total. The molecule has 56 heavy (non-hydrogen) atoms. The van der Waals surface area contributed by atoms with E-state index in [1.165, 1.54) is 27.2 Å². The van der Waals surface area contributed by atoms with Gasteiger partial charge in [0.05, 0.1) is 24.0 Å². The van der Waals surface area contributed by atoms with Crippen LogP contribution in [-0.4, -0.2) is 82.5 Å². The highest BCUT2D eigenvalue weighted by Gasteiger charge is 2.62. The molecule has 2 aromatic carbocycles. The lowest BCUT2D eigenvalue weighted by Crippen LogP contribution is -2.57. The van der Waals surface area contributed by atoms with Crippen molar-refractivity contribution >= 4 is 66.2 Å². The van der Waals surface area contributed by atoms with E-state index in [-0.39, 0.29) is 32.5 Å². The number of carbonyl (C=O) groups excluding carboxylic acids is 4. The maximum atomic E-state index is 14.7. The van der Waals surface area contributed by atoms with Crippen LogP contribution in [0.15, 0.2) is 64.5 Å². The van der Waals surface area contributed by atoms with E-state index in [1.54, 1.807) is 12.1 Å². The Bertz CT molecular complexity index is 2180. The zero-order chi connectivity index (χ0) is 39.2. The highest BCUT2D eigenvalue weighted by Crippen LogP contribution is 2.46. The van der Waals surface area contributed by atoms with E-state index in [0.717, 1.165) is 28.6 Å². The van der Waals surface area contributed by atoms with Crippen molar-refractivity contribution in [1.82, 2.24) is 24.8 Å². The van der Waals surface area contributed by atoms with Gasteiger partial charge in [-0.05, 0) is 62.3 Å². The summed E-state index contributed by atoms with van der Waals surface area (Å²) in [5.41, 5.74) is 1.21. The van der Waals surface area contributed by atoms with Crippen LogP contribution in [0.4, 0.5) is 14.3 Å². The molecule has 0 radical (unpaired) electrons. The number of amides is 4. The minimum Gasteiger partial charge on any atom is -0.444 e. The molecule has 3 aromatic rings.